The van der Waals surface area contributed by atoms with Gasteiger partial charge in [-0.05, 0) is 24.0 Å². The Kier molecular flexibility index (Phi) is 4.14. The van der Waals surface area contributed by atoms with E-state index in [4.69, 9.17) is 0 Å². The molecule has 0 radical (unpaired) electrons. The molecule has 1 amide bonds. The molecule has 1 aromatic carbocycles. The van der Waals surface area contributed by atoms with Crippen molar-refractivity contribution in [3.8, 4) is 0 Å². The van der Waals surface area contributed by atoms with Crippen molar-refractivity contribution in [2.24, 2.45) is 5.41 Å². The van der Waals surface area contributed by atoms with Crippen molar-refractivity contribution in [2.45, 2.75) is 33.3 Å². The fourth-order valence-electron chi connectivity index (χ4n) is 2.36. The number of aromatic nitrogens is 1. The zero-order chi connectivity index (χ0) is 14.8. The van der Waals surface area contributed by atoms with Crippen LogP contribution in [0.3, 0.4) is 0 Å². The molecule has 3 N–H and O–H groups in total. The first-order valence-electron chi connectivity index (χ1n) is 6.89. The Morgan fingerprint density at radius 2 is 2.10 bits per heavy atom. The number of aromatic amines is 1. The zero-order valence-electron chi connectivity index (χ0n) is 12.2. The van der Waals surface area contributed by atoms with Gasteiger partial charge in [0.1, 0.15) is 0 Å². The van der Waals surface area contributed by atoms with Gasteiger partial charge in [-0.2, -0.15) is 0 Å². The van der Waals surface area contributed by atoms with Gasteiger partial charge in [-0.25, -0.2) is 0 Å². The molecule has 2 rings (SSSR count). The molecule has 2 aromatic rings. The SMILES string of the molecule is CC(C)(C)CC(O)CNC(=O)c1cccc2cc[nH]c12. The van der Waals surface area contributed by atoms with Crippen LogP contribution in [0.15, 0.2) is 30.5 Å². The number of hydrogen-bond donors (Lipinski definition) is 3. The highest BCUT2D eigenvalue weighted by Crippen LogP contribution is 2.20. The summed E-state index contributed by atoms with van der Waals surface area (Å²) in [5, 5.41) is 13.7. The number of nitrogens with one attached hydrogen (secondary N) is 2. The summed E-state index contributed by atoms with van der Waals surface area (Å²) in [6, 6.07) is 7.53. The van der Waals surface area contributed by atoms with E-state index in [0.29, 0.717) is 12.0 Å². The van der Waals surface area contributed by atoms with Crippen molar-refractivity contribution in [2.75, 3.05) is 6.54 Å². The summed E-state index contributed by atoms with van der Waals surface area (Å²) in [6.45, 7) is 6.47. The smallest absolute Gasteiger partial charge is 0.253 e. The third kappa shape index (κ3) is 3.61. The first kappa shape index (κ1) is 14.6. The molecular formula is C16H22N2O2. The van der Waals surface area contributed by atoms with Crippen molar-refractivity contribution in [1.29, 1.82) is 0 Å². The summed E-state index contributed by atoms with van der Waals surface area (Å²) in [7, 11) is 0. The maximum atomic E-state index is 12.2. The van der Waals surface area contributed by atoms with Gasteiger partial charge in [-0.3, -0.25) is 4.79 Å². The predicted molar refractivity (Wildman–Crippen MR) is 80.7 cm³/mol. The van der Waals surface area contributed by atoms with Crippen molar-refractivity contribution >= 4 is 16.8 Å². The van der Waals surface area contributed by atoms with Crippen LogP contribution in [-0.2, 0) is 0 Å². The molecule has 20 heavy (non-hydrogen) atoms. The molecular weight excluding hydrogens is 252 g/mol. The molecule has 1 heterocycles. The largest absolute Gasteiger partial charge is 0.391 e. The Labute approximate surface area is 119 Å². The minimum absolute atomic E-state index is 0.0453. The normalized spacial score (nSPS) is 13.4. The Morgan fingerprint density at radius 3 is 2.80 bits per heavy atom. The number of aliphatic hydroxyl groups is 1. The molecule has 1 aromatic heterocycles. The highest BCUT2D eigenvalue weighted by molar-refractivity contribution is 6.05. The average molecular weight is 274 g/mol. The number of carbonyl (C=O) groups is 1. The van der Waals surface area contributed by atoms with Gasteiger partial charge >= 0.3 is 0 Å². The van der Waals surface area contributed by atoms with Gasteiger partial charge in [0.15, 0.2) is 0 Å². The van der Waals surface area contributed by atoms with Crippen LogP contribution >= 0.6 is 0 Å². The Bertz CT molecular complexity index is 596. The third-order valence-corrected chi connectivity index (χ3v) is 3.18. The minimum atomic E-state index is -0.526. The lowest BCUT2D eigenvalue weighted by Gasteiger charge is -2.22. The van der Waals surface area contributed by atoms with Crippen LogP contribution in [0.25, 0.3) is 10.9 Å². The van der Waals surface area contributed by atoms with Crippen molar-refractivity contribution in [3.05, 3.63) is 36.0 Å². The van der Waals surface area contributed by atoms with Gasteiger partial charge in [0.05, 0.1) is 17.2 Å². The Morgan fingerprint density at radius 1 is 1.35 bits per heavy atom. The second-order valence-electron chi connectivity index (χ2n) is 6.38. The van der Waals surface area contributed by atoms with Crippen molar-refractivity contribution in [1.82, 2.24) is 10.3 Å². The summed E-state index contributed by atoms with van der Waals surface area (Å²) in [5.41, 5.74) is 1.48. The lowest BCUT2D eigenvalue weighted by Crippen LogP contribution is -2.34. The third-order valence-electron chi connectivity index (χ3n) is 3.18. The van der Waals surface area contributed by atoms with E-state index in [1.165, 1.54) is 0 Å². The molecule has 1 atom stereocenters. The first-order chi connectivity index (χ1) is 9.37. The molecule has 0 aliphatic rings. The summed E-state index contributed by atoms with van der Waals surface area (Å²) in [5.74, 6) is -0.161. The molecule has 0 saturated carbocycles. The summed E-state index contributed by atoms with van der Waals surface area (Å²) >= 11 is 0. The summed E-state index contributed by atoms with van der Waals surface area (Å²) in [6.07, 6.45) is 1.94. The van der Waals surface area contributed by atoms with Gasteiger partial charge in [0.25, 0.3) is 5.91 Å². The Hall–Kier alpha value is -1.81. The quantitative estimate of drug-likeness (QED) is 0.802. The van der Waals surface area contributed by atoms with Crippen LogP contribution in [0.1, 0.15) is 37.6 Å². The van der Waals surface area contributed by atoms with Crippen LogP contribution in [0.5, 0.6) is 0 Å². The van der Waals surface area contributed by atoms with E-state index in [-0.39, 0.29) is 17.9 Å². The van der Waals surface area contributed by atoms with Crippen LogP contribution in [-0.4, -0.2) is 28.6 Å². The molecule has 0 aliphatic carbocycles. The summed E-state index contributed by atoms with van der Waals surface area (Å²) in [4.78, 5) is 15.3. The lowest BCUT2D eigenvalue weighted by molar-refractivity contribution is 0.0870. The van der Waals surface area contributed by atoms with Crippen LogP contribution < -0.4 is 5.32 Å². The van der Waals surface area contributed by atoms with Gasteiger partial charge in [-0.15, -0.1) is 0 Å². The number of fused-ring (bicyclic) bond motifs is 1. The number of benzene rings is 1. The van der Waals surface area contributed by atoms with E-state index in [1.807, 2.05) is 24.4 Å². The van der Waals surface area contributed by atoms with Gasteiger partial charge < -0.3 is 15.4 Å². The maximum Gasteiger partial charge on any atom is 0.253 e. The van der Waals surface area contributed by atoms with Crippen LogP contribution in [0.4, 0.5) is 0 Å². The van der Waals surface area contributed by atoms with Crippen molar-refractivity contribution < 1.29 is 9.90 Å². The van der Waals surface area contributed by atoms with Gasteiger partial charge in [0, 0.05) is 18.1 Å². The fraction of sp³-hybridized carbons (Fsp3) is 0.438. The van der Waals surface area contributed by atoms with Gasteiger partial charge in [-0.1, -0.05) is 32.9 Å². The first-order valence-corrected chi connectivity index (χ1v) is 6.89. The average Bonchev–Trinajstić information content (AvgIpc) is 2.81. The molecule has 0 bridgehead atoms. The number of para-hydroxylation sites is 1. The van der Waals surface area contributed by atoms with E-state index >= 15 is 0 Å². The molecule has 0 fully saturated rings. The van der Waals surface area contributed by atoms with E-state index in [0.717, 1.165) is 10.9 Å². The molecule has 108 valence electrons. The molecule has 4 nitrogen and oxygen atoms in total. The maximum absolute atomic E-state index is 12.2. The topological polar surface area (TPSA) is 65.1 Å². The number of amides is 1. The number of H-pyrrole nitrogens is 1. The zero-order valence-corrected chi connectivity index (χ0v) is 12.2. The number of rotatable bonds is 4. The van der Waals surface area contributed by atoms with Crippen molar-refractivity contribution in [3.63, 3.8) is 0 Å². The molecule has 0 spiro atoms. The molecule has 0 aliphatic heterocycles. The van der Waals surface area contributed by atoms with E-state index in [9.17, 15) is 9.90 Å². The monoisotopic (exact) mass is 274 g/mol. The number of aliphatic hydroxyl groups excluding tert-OH is 1. The van der Waals surface area contributed by atoms with Crippen LogP contribution in [0, 0.1) is 5.41 Å². The summed E-state index contributed by atoms with van der Waals surface area (Å²) < 4.78 is 0. The molecule has 4 heteroatoms. The lowest BCUT2D eigenvalue weighted by atomic mass is 9.89. The van der Waals surface area contributed by atoms with E-state index < -0.39 is 6.10 Å². The Balaban J connectivity index is 2.00. The standard InChI is InChI=1S/C16H22N2O2/c1-16(2,3)9-12(19)10-18-15(20)13-6-4-5-11-7-8-17-14(11)13/h4-8,12,17,19H,9-10H2,1-3H3,(H,18,20). The van der Waals surface area contributed by atoms with Crippen LogP contribution in [0.2, 0.25) is 0 Å². The highest BCUT2D eigenvalue weighted by atomic mass is 16.3. The number of hydrogen-bond acceptors (Lipinski definition) is 2. The molecule has 0 saturated heterocycles. The highest BCUT2D eigenvalue weighted by Gasteiger charge is 2.18. The molecule has 1 unspecified atom stereocenters. The van der Waals surface area contributed by atoms with E-state index in [1.54, 1.807) is 6.07 Å². The predicted octanol–water partition coefficient (Wildman–Crippen LogP) is 2.69. The fourth-order valence-corrected chi connectivity index (χ4v) is 2.36. The van der Waals surface area contributed by atoms with E-state index in [2.05, 4.69) is 31.1 Å². The second kappa shape index (κ2) is 5.67. The minimum Gasteiger partial charge on any atom is -0.391 e. The number of carbonyl (C=O) groups excluding carboxylic acids is 1. The van der Waals surface area contributed by atoms with Gasteiger partial charge in [0.2, 0.25) is 0 Å². The second-order valence-corrected chi connectivity index (χ2v) is 6.38.